The third kappa shape index (κ3) is 4.74. The van der Waals surface area contributed by atoms with E-state index in [1.54, 1.807) is 33.8 Å². The smallest absolute Gasteiger partial charge is 0.264 e. The molecule has 11 heteroatoms. The van der Waals surface area contributed by atoms with Gasteiger partial charge in [0, 0.05) is 24.7 Å². The highest BCUT2D eigenvalue weighted by Crippen LogP contribution is 2.36. The lowest BCUT2D eigenvalue weighted by Crippen LogP contribution is -2.41. The van der Waals surface area contributed by atoms with Crippen molar-refractivity contribution in [2.75, 3.05) is 18.8 Å². The Bertz CT molecular complexity index is 1550. The molecule has 1 aliphatic rings. The Labute approximate surface area is 214 Å². The number of ether oxygens (including phenoxy) is 1. The number of carbonyl (C=O) groups excluding carboxylic acids is 1. The lowest BCUT2D eigenvalue weighted by atomic mass is 10.0. The van der Waals surface area contributed by atoms with E-state index >= 15 is 4.39 Å². The number of hydrogen-bond acceptors (Lipinski definition) is 7. The Morgan fingerprint density at radius 1 is 1.22 bits per heavy atom. The molecule has 0 aliphatic carbocycles. The number of nitriles is 1. The average molecular weight is 515 g/mol. The van der Waals surface area contributed by atoms with Crippen LogP contribution in [0.2, 0.25) is 0 Å². The molecule has 186 valence electrons. The van der Waals surface area contributed by atoms with Crippen LogP contribution in [0.1, 0.15) is 18.9 Å². The SMILES string of the molecule is N#C/C(=C\P)C(=O)N1CCCC(n2nc(-c3ccc(Oc4ccccc4)cc3F)c3c(N)ncnc32)C1. The molecule has 1 amide bonds. The maximum absolute atomic E-state index is 15.4. The fourth-order valence-corrected chi connectivity index (χ4v) is 4.70. The summed E-state index contributed by atoms with van der Waals surface area (Å²) in [6, 6.07) is 15.3. The highest BCUT2D eigenvalue weighted by molar-refractivity contribution is 7.20. The molecule has 4 aromatic rings. The number of anilines is 1. The van der Waals surface area contributed by atoms with Gasteiger partial charge in [-0.2, -0.15) is 10.4 Å². The number of aromatic nitrogens is 4. The summed E-state index contributed by atoms with van der Waals surface area (Å²) in [6.45, 7) is 0.856. The van der Waals surface area contributed by atoms with E-state index in [0.29, 0.717) is 47.7 Å². The van der Waals surface area contributed by atoms with E-state index in [1.165, 1.54) is 18.2 Å². The summed E-state index contributed by atoms with van der Waals surface area (Å²) in [5, 5.41) is 14.4. The molecule has 2 atom stereocenters. The van der Waals surface area contributed by atoms with Crippen molar-refractivity contribution in [2.24, 2.45) is 0 Å². The van der Waals surface area contributed by atoms with E-state index < -0.39 is 5.82 Å². The predicted molar refractivity (Wildman–Crippen MR) is 140 cm³/mol. The average Bonchev–Trinajstić information content (AvgIpc) is 3.31. The van der Waals surface area contributed by atoms with Gasteiger partial charge in [0.2, 0.25) is 0 Å². The van der Waals surface area contributed by atoms with Crippen LogP contribution in [0.3, 0.4) is 0 Å². The number of benzene rings is 2. The van der Waals surface area contributed by atoms with Gasteiger partial charge in [-0.3, -0.25) is 4.79 Å². The number of hydrogen-bond donors (Lipinski definition) is 1. The molecule has 5 rings (SSSR count). The summed E-state index contributed by atoms with van der Waals surface area (Å²) in [5.74, 6) is 1.67. The van der Waals surface area contributed by atoms with Gasteiger partial charge in [0.05, 0.1) is 11.4 Å². The maximum atomic E-state index is 15.4. The topological polar surface area (TPSA) is 123 Å². The minimum atomic E-state index is -0.534. The van der Waals surface area contributed by atoms with Gasteiger partial charge in [-0.05, 0) is 42.9 Å². The molecule has 0 spiro atoms. The van der Waals surface area contributed by atoms with Crippen molar-refractivity contribution in [1.29, 1.82) is 5.26 Å². The van der Waals surface area contributed by atoms with Gasteiger partial charge >= 0.3 is 0 Å². The van der Waals surface area contributed by atoms with E-state index in [-0.39, 0.29) is 28.9 Å². The number of para-hydroxylation sites is 1. The molecule has 2 N–H and O–H groups in total. The Hall–Kier alpha value is -4.35. The van der Waals surface area contributed by atoms with Crippen LogP contribution in [-0.2, 0) is 4.79 Å². The Kier molecular flexibility index (Phi) is 6.80. The second-order valence-corrected chi connectivity index (χ2v) is 8.88. The van der Waals surface area contributed by atoms with Crippen LogP contribution in [0.4, 0.5) is 10.2 Å². The van der Waals surface area contributed by atoms with Crippen molar-refractivity contribution in [2.45, 2.75) is 18.9 Å². The summed E-state index contributed by atoms with van der Waals surface area (Å²) in [5.41, 5.74) is 7.26. The van der Waals surface area contributed by atoms with Gasteiger partial charge in [0.1, 0.15) is 46.8 Å². The van der Waals surface area contributed by atoms with Crippen LogP contribution in [0.5, 0.6) is 11.5 Å². The molecule has 0 bridgehead atoms. The van der Waals surface area contributed by atoms with Crippen LogP contribution >= 0.6 is 9.24 Å². The maximum Gasteiger partial charge on any atom is 0.264 e. The zero-order chi connectivity index (χ0) is 25.9. The minimum absolute atomic E-state index is 0.0584. The number of fused-ring (bicyclic) bond motifs is 1. The first kappa shape index (κ1) is 24.3. The van der Waals surface area contributed by atoms with Crippen molar-refractivity contribution < 1.29 is 13.9 Å². The summed E-state index contributed by atoms with van der Waals surface area (Å²) in [4.78, 5) is 22.9. The summed E-state index contributed by atoms with van der Waals surface area (Å²) in [6.07, 6.45) is 2.77. The Balaban J connectivity index is 1.52. The Morgan fingerprint density at radius 2 is 2.03 bits per heavy atom. The minimum Gasteiger partial charge on any atom is -0.457 e. The van der Waals surface area contributed by atoms with E-state index in [2.05, 4.69) is 19.2 Å². The van der Waals surface area contributed by atoms with Crippen molar-refractivity contribution in [1.82, 2.24) is 24.6 Å². The van der Waals surface area contributed by atoms with Crippen LogP contribution in [0, 0.1) is 17.1 Å². The fourth-order valence-electron chi connectivity index (χ4n) is 4.48. The molecule has 1 aliphatic heterocycles. The molecule has 37 heavy (non-hydrogen) atoms. The number of piperidine rings is 1. The highest BCUT2D eigenvalue weighted by Gasteiger charge is 2.30. The summed E-state index contributed by atoms with van der Waals surface area (Å²) >= 11 is 0. The van der Waals surface area contributed by atoms with Crippen LogP contribution in [-0.4, -0.2) is 43.6 Å². The van der Waals surface area contributed by atoms with Crippen LogP contribution < -0.4 is 10.5 Å². The molecule has 0 saturated carbocycles. The predicted octanol–water partition coefficient (Wildman–Crippen LogP) is 4.45. The zero-order valence-corrected chi connectivity index (χ0v) is 20.9. The molecular weight excluding hydrogens is 492 g/mol. The number of likely N-dealkylation sites (tertiary alicyclic amines) is 1. The van der Waals surface area contributed by atoms with Crippen molar-refractivity contribution in [3.05, 3.63) is 72.1 Å². The normalized spacial score (nSPS) is 16.0. The molecular formula is C26H23FN7O2P. The second-order valence-electron chi connectivity index (χ2n) is 8.55. The third-order valence-electron chi connectivity index (χ3n) is 6.24. The second kappa shape index (κ2) is 10.3. The van der Waals surface area contributed by atoms with Crippen LogP contribution in [0.25, 0.3) is 22.3 Å². The van der Waals surface area contributed by atoms with Crippen molar-refractivity contribution in [3.63, 3.8) is 0 Å². The fraction of sp³-hybridized carbons (Fsp3) is 0.192. The molecule has 9 nitrogen and oxygen atoms in total. The molecule has 1 fully saturated rings. The number of nitrogens with zero attached hydrogens (tertiary/aromatic N) is 6. The van der Waals surface area contributed by atoms with E-state index in [4.69, 9.17) is 15.6 Å². The number of amides is 1. The largest absolute Gasteiger partial charge is 0.457 e. The lowest BCUT2D eigenvalue weighted by Gasteiger charge is -2.32. The van der Waals surface area contributed by atoms with Gasteiger partial charge in [0.25, 0.3) is 5.91 Å². The van der Waals surface area contributed by atoms with Gasteiger partial charge in [0.15, 0.2) is 5.65 Å². The number of carbonyl (C=O) groups is 1. The van der Waals surface area contributed by atoms with E-state index in [1.807, 2.05) is 24.3 Å². The van der Waals surface area contributed by atoms with E-state index in [9.17, 15) is 10.1 Å². The Morgan fingerprint density at radius 3 is 2.76 bits per heavy atom. The summed E-state index contributed by atoms with van der Waals surface area (Å²) in [7, 11) is 2.29. The molecule has 2 unspecified atom stereocenters. The van der Waals surface area contributed by atoms with Crippen molar-refractivity contribution in [3.8, 4) is 28.8 Å². The molecule has 1 saturated heterocycles. The highest BCUT2D eigenvalue weighted by atomic mass is 31.0. The standard InChI is InChI=1S/C26H23FN7O2P/c27-21-11-19(36-18-6-2-1-3-7-18)8-9-20(21)23-22-24(29)30-15-31-25(22)34(32-23)17-5-4-10-33(13-17)26(35)16(12-28)14-37/h1-3,6-9,11,14-15,17H,4-5,10,13,37H2,(H2,29,30,31)/b16-14+. The number of nitrogen functional groups attached to an aromatic ring is 1. The van der Waals surface area contributed by atoms with Gasteiger partial charge < -0.3 is 15.4 Å². The number of halogens is 1. The number of rotatable bonds is 5. The van der Waals surface area contributed by atoms with Gasteiger partial charge in [-0.15, -0.1) is 9.24 Å². The third-order valence-corrected chi connectivity index (χ3v) is 6.57. The first-order valence-corrected chi connectivity index (χ1v) is 12.3. The molecule has 3 heterocycles. The first-order chi connectivity index (χ1) is 18.0. The quantitative estimate of drug-likeness (QED) is 0.237. The summed E-state index contributed by atoms with van der Waals surface area (Å²) < 4.78 is 22.8. The van der Waals surface area contributed by atoms with Gasteiger partial charge in [-0.25, -0.2) is 19.0 Å². The van der Waals surface area contributed by atoms with E-state index in [0.717, 1.165) is 6.42 Å². The molecule has 2 aromatic heterocycles. The van der Waals surface area contributed by atoms with Crippen LogP contribution in [0.15, 0.2) is 66.2 Å². The van der Waals surface area contributed by atoms with Gasteiger partial charge in [-0.1, -0.05) is 18.2 Å². The van der Waals surface area contributed by atoms with Crippen molar-refractivity contribution >= 4 is 32.0 Å². The monoisotopic (exact) mass is 515 g/mol. The lowest BCUT2D eigenvalue weighted by molar-refractivity contribution is -0.128. The number of nitrogens with two attached hydrogens (primary N) is 1. The zero-order valence-electron chi connectivity index (χ0n) is 19.7. The molecule has 2 aromatic carbocycles. The molecule has 0 radical (unpaired) electrons. The first-order valence-electron chi connectivity index (χ1n) is 11.6.